The van der Waals surface area contributed by atoms with Crippen LogP contribution in [0.1, 0.15) is 5.56 Å². The van der Waals surface area contributed by atoms with Crippen molar-refractivity contribution in [2.45, 2.75) is 6.92 Å². The number of hydrogen-bond acceptors (Lipinski definition) is 2. The number of aromatic nitrogens is 3. The average molecular weight is 345 g/mol. The van der Waals surface area contributed by atoms with E-state index >= 15 is 0 Å². The Kier molecular flexibility index (Phi) is 3.65. The van der Waals surface area contributed by atoms with Crippen molar-refractivity contribution >= 4 is 11.0 Å². The van der Waals surface area contributed by atoms with Gasteiger partial charge in [-0.15, -0.1) is 0 Å². The highest BCUT2D eigenvalue weighted by Crippen LogP contribution is 2.29. The summed E-state index contributed by atoms with van der Waals surface area (Å²) >= 11 is 0. The summed E-state index contributed by atoms with van der Waals surface area (Å²) in [5.41, 5.74) is 4.41. The van der Waals surface area contributed by atoms with Gasteiger partial charge < -0.3 is 4.57 Å². The van der Waals surface area contributed by atoms with E-state index in [1.165, 1.54) is 17.2 Å². The number of benzene rings is 2. The Bertz CT molecular complexity index is 1230. The van der Waals surface area contributed by atoms with E-state index in [9.17, 15) is 9.59 Å². The molecule has 4 rings (SSSR count). The molecule has 0 bridgehead atoms. The quantitative estimate of drug-likeness (QED) is 0.561. The largest absolute Gasteiger partial charge is 0.331 e. The molecule has 0 atom stereocenters. The Morgan fingerprint density at radius 1 is 0.808 bits per heavy atom. The number of hydrogen-bond donors (Lipinski definition) is 0. The Labute approximate surface area is 150 Å². The van der Waals surface area contributed by atoms with Gasteiger partial charge in [-0.25, -0.2) is 4.79 Å². The highest BCUT2D eigenvalue weighted by Gasteiger charge is 2.19. The predicted molar refractivity (Wildman–Crippen MR) is 104 cm³/mol. The minimum Gasteiger partial charge on any atom is -0.303 e. The fourth-order valence-corrected chi connectivity index (χ4v) is 3.31. The van der Waals surface area contributed by atoms with Gasteiger partial charge in [0.05, 0.1) is 11.2 Å². The van der Waals surface area contributed by atoms with Crippen molar-refractivity contribution in [2.75, 3.05) is 0 Å². The molecule has 0 unspecified atom stereocenters. The highest BCUT2D eigenvalue weighted by atomic mass is 16.2. The Hall–Kier alpha value is -3.34. The van der Waals surface area contributed by atoms with Gasteiger partial charge in [-0.3, -0.25) is 13.9 Å². The fourth-order valence-electron chi connectivity index (χ4n) is 3.31. The zero-order valence-corrected chi connectivity index (χ0v) is 14.9. The lowest BCUT2D eigenvalue weighted by Crippen LogP contribution is -2.37. The van der Waals surface area contributed by atoms with Gasteiger partial charge in [0.1, 0.15) is 5.52 Å². The second-order valence-corrected chi connectivity index (χ2v) is 6.51. The van der Waals surface area contributed by atoms with E-state index < -0.39 is 0 Å². The van der Waals surface area contributed by atoms with Gasteiger partial charge in [-0.1, -0.05) is 48.0 Å². The van der Waals surface area contributed by atoms with E-state index in [-0.39, 0.29) is 11.2 Å². The van der Waals surface area contributed by atoms with Gasteiger partial charge in [0.2, 0.25) is 0 Å². The Balaban J connectivity index is 2.20. The number of fused-ring (bicyclic) bond motifs is 1. The zero-order chi connectivity index (χ0) is 18.4. The number of aryl methyl sites for hydroxylation is 2. The monoisotopic (exact) mass is 345 g/mol. The summed E-state index contributed by atoms with van der Waals surface area (Å²) in [6.45, 7) is 2.04. The smallest absolute Gasteiger partial charge is 0.303 e. The van der Waals surface area contributed by atoms with Crippen molar-refractivity contribution in [3.8, 4) is 16.9 Å². The fraction of sp³-hybridized carbons (Fsp3) is 0.143. The molecule has 2 aromatic heterocycles. The zero-order valence-electron chi connectivity index (χ0n) is 14.9. The van der Waals surface area contributed by atoms with Crippen molar-refractivity contribution in [2.24, 2.45) is 14.1 Å². The SMILES string of the molecule is Cc1ccc(-c2cc3c(c(=O)n(C)c(=O)n3C)n2-c2ccccc2)cc1. The van der Waals surface area contributed by atoms with Crippen LogP contribution in [0.5, 0.6) is 0 Å². The van der Waals surface area contributed by atoms with Gasteiger partial charge in [-0.2, -0.15) is 0 Å². The third-order valence-electron chi connectivity index (χ3n) is 4.78. The van der Waals surface area contributed by atoms with Crippen molar-refractivity contribution in [3.63, 3.8) is 0 Å². The summed E-state index contributed by atoms with van der Waals surface area (Å²) in [6, 6.07) is 19.8. The van der Waals surface area contributed by atoms with E-state index in [0.29, 0.717) is 11.0 Å². The van der Waals surface area contributed by atoms with Gasteiger partial charge in [0.25, 0.3) is 5.56 Å². The number of para-hydroxylation sites is 1. The summed E-state index contributed by atoms with van der Waals surface area (Å²) in [7, 11) is 3.20. The Morgan fingerprint density at radius 2 is 1.46 bits per heavy atom. The average Bonchev–Trinajstić information content (AvgIpc) is 3.06. The van der Waals surface area contributed by atoms with E-state index in [2.05, 4.69) is 0 Å². The molecule has 5 nitrogen and oxygen atoms in total. The number of nitrogens with zero attached hydrogens (tertiary/aromatic N) is 3. The molecular formula is C21H19N3O2. The molecular weight excluding hydrogens is 326 g/mol. The van der Waals surface area contributed by atoms with Crippen LogP contribution in [0.2, 0.25) is 0 Å². The van der Waals surface area contributed by atoms with Crippen LogP contribution in [0.4, 0.5) is 0 Å². The molecule has 2 heterocycles. The summed E-state index contributed by atoms with van der Waals surface area (Å²) < 4.78 is 4.61. The molecule has 0 spiro atoms. The van der Waals surface area contributed by atoms with Crippen LogP contribution in [0.3, 0.4) is 0 Å². The summed E-state index contributed by atoms with van der Waals surface area (Å²) in [4.78, 5) is 25.3. The lowest BCUT2D eigenvalue weighted by atomic mass is 10.1. The highest BCUT2D eigenvalue weighted by molar-refractivity contribution is 5.86. The van der Waals surface area contributed by atoms with Crippen LogP contribution >= 0.6 is 0 Å². The normalized spacial score (nSPS) is 11.2. The minimum atomic E-state index is -0.330. The molecule has 0 fully saturated rings. The number of rotatable bonds is 2. The molecule has 0 aliphatic carbocycles. The van der Waals surface area contributed by atoms with Crippen LogP contribution in [0, 0.1) is 6.92 Å². The third kappa shape index (κ3) is 2.32. The molecule has 0 radical (unpaired) electrons. The van der Waals surface area contributed by atoms with Crippen LogP contribution in [0.25, 0.3) is 28.0 Å². The second-order valence-electron chi connectivity index (χ2n) is 6.51. The van der Waals surface area contributed by atoms with E-state index in [4.69, 9.17) is 0 Å². The van der Waals surface area contributed by atoms with Gasteiger partial charge in [0, 0.05) is 19.8 Å². The lowest BCUT2D eigenvalue weighted by molar-refractivity contribution is 0.711. The Morgan fingerprint density at radius 3 is 2.12 bits per heavy atom. The molecule has 130 valence electrons. The summed E-state index contributed by atoms with van der Waals surface area (Å²) in [6.07, 6.45) is 0. The van der Waals surface area contributed by atoms with Crippen molar-refractivity contribution in [1.29, 1.82) is 0 Å². The molecule has 5 heteroatoms. The van der Waals surface area contributed by atoms with E-state index in [1.54, 1.807) is 7.05 Å². The predicted octanol–water partition coefficient (Wildman–Crippen LogP) is 3.00. The maximum absolute atomic E-state index is 12.9. The van der Waals surface area contributed by atoms with Gasteiger partial charge >= 0.3 is 5.69 Å². The first-order valence-electron chi connectivity index (χ1n) is 8.43. The first-order chi connectivity index (χ1) is 12.5. The van der Waals surface area contributed by atoms with Crippen molar-refractivity contribution in [3.05, 3.63) is 87.1 Å². The maximum atomic E-state index is 12.9. The standard InChI is InChI=1S/C21H19N3O2/c1-14-9-11-15(12-10-14)17-13-18-19(20(25)23(3)21(26)22(18)2)24(17)16-7-5-4-6-8-16/h4-13H,1-3H3. The van der Waals surface area contributed by atoms with Crippen molar-refractivity contribution in [1.82, 2.24) is 13.7 Å². The third-order valence-corrected chi connectivity index (χ3v) is 4.78. The molecule has 0 saturated heterocycles. The van der Waals surface area contributed by atoms with E-state index in [1.807, 2.05) is 72.2 Å². The topological polar surface area (TPSA) is 48.9 Å². The van der Waals surface area contributed by atoms with Crippen LogP contribution in [-0.2, 0) is 14.1 Å². The lowest BCUT2D eigenvalue weighted by Gasteiger charge is -2.11. The molecule has 2 aromatic carbocycles. The van der Waals surface area contributed by atoms with Crippen LogP contribution < -0.4 is 11.2 Å². The molecule has 0 saturated carbocycles. The van der Waals surface area contributed by atoms with Crippen LogP contribution in [0.15, 0.2) is 70.3 Å². The first kappa shape index (κ1) is 16.1. The summed E-state index contributed by atoms with van der Waals surface area (Å²) in [5.74, 6) is 0. The molecule has 4 aromatic rings. The van der Waals surface area contributed by atoms with Crippen molar-refractivity contribution < 1.29 is 0 Å². The minimum absolute atomic E-state index is 0.301. The summed E-state index contributed by atoms with van der Waals surface area (Å²) in [5, 5.41) is 0. The molecule has 0 amide bonds. The van der Waals surface area contributed by atoms with Gasteiger partial charge in [0.15, 0.2) is 0 Å². The van der Waals surface area contributed by atoms with Gasteiger partial charge in [-0.05, 0) is 30.7 Å². The van der Waals surface area contributed by atoms with E-state index in [0.717, 1.165) is 21.5 Å². The molecule has 26 heavy (non-hydrogen) atoms. The molecule has 0 aliphatic heterocycles. The second kappa shape index (κ2) is 5.88. The molecule has 0 N–H and O–H groups in total. The molecule has 0 aliphatic rings. The first-order valence-corrected chi connectivity index (χ1v) is 8.43. The van der Waals surface area contributed by atoms with Crippen LogP contribution in [-0.4, -0.2) is 13.7 Å². The maximum Gasteiger partial charge on any atom is 0.331 e.